The van der Waals surface area contributed by atoms with Crippen molar-refractivity contribution < 1.29 is 4.79 Å². The lowest BCUT2D eigenvalue weighted by atomic mass is 9.95. The van der Waals surface area contributed by atoms with E-state index in [9.17, 15) is 4.79 Å². The molecule has 98 valence electrons. The molecule has 0 aromatic carbocycles. The molecule has 0 aliphatic carbocycles. The van der Waals surface area contributed by atoms with Gasteiger partial charge in [0.15, 0.2) is 0 Å². The lowest BCUT2D eigenvalue weighted by Gasteiger charge is -2.29. The Balaban J connectivity index is 1.92. The van der Waals surface area contributed by atoms with Gasteiger partial charge in [-0.3, -0.25) is 9.69 Å². The van der Waals surface area contributed by atoms with Gasteiger partial charge in [-0.05, 0) is 45.2 Å². The third-order valence-electron chi connectivity index (χ3n) is 4.41. The quantitative estimate of drug-likeness (QED) is 0.748. The second-order valence-electron chi connectivity index (χ2n) is 5.49. The Morgan fingerprint density at radius 2 is 2.29 bits per heavy atom. The minimum atomic E-state index is 0.0159. The molecule has 2 aliphatic heterocycles. The lowest BCUT2D eigenvalue weighted by molar-refractivity contribution is -0.126. The summed E-state index contributed by atoms with van der Waals surface area (Å²) >= 11 is 0. The van der Waals surface area contributed by atoms with Gasteiger partial charge in [-0.1, -0.05) is 6.92 Å². The minimum absolute atomic E-state index is 0.0159. The number of rotatable bonds is 4. The summed E-state index contributed by atoms with van der Waals surface area (Å²) in [6.45, 7) is 10.5. The average molecular weight is 239 g/mol. The van der Waals surface area contributed by atoms with Crippen molar-refractivity contribution in [1.29, 1.82) is 0 Å². The van der Waals surface area contributed by atoms with E-state index in [1.165, 1.54) is 0 Å². The smallest absolute Gasteiger partial charge is 0.237 e. The van der Waals surface area contributed by atoms with Crippen LogP contribution in [-0.2, 0) is 4.79 Å². The lowest BCUT2D eigenvalue weighted by Crippen LogP contribution is -2.48. The molecule has 4 heteroatoms. The first-order chi connectivity index (χ1) is 8.15. The predicted molar refractivity (Wildman–Crippen MR) is 68.8 cm³/mol. The molecule has 2 heterocycles. The van der Waals surface area contributed by atoms with Crippen molar-refractivity contribution >= 4 is 5.91 Å². The molecule has 2 fully saturated rings. The van der Waals surface area contributed by atoms with Crippen molar-refractivity contribution in [2.75, 3.05) is 26.2 Å². The zero-order valence-corrected chi connectivity index (χ0v) is 11.2. The SMILES string of the molecule is CCCNC(=O)C(C)N1CC2CNCC2C1C. The van der Waals surface area contributed by atoms with Crippen LogP contribution in [0.4, 0.5) is 0 Å². The number of nitrogens with zero attached hydrogens (tertiary/aromatic N) is 1. The van der Waals surface area contributed by atoms with Gasteiger partial charge >= 0.3 is 0 Å². The van der Waals surface area contributed by atoms with Gasteiger partial charge in [-0.25, -0.2) is 0 Å². The van der Waals surface area contributed by atoms with Crippen LogP contribution in [-0.4, -0.2) is 49.1 Å². The zero-order valence-electron chi connectivity index (χ0n) is 11.2. The average Bonchev–Trinajstić information content (AvgIpc) is 2.89. The third-order valence-corrected chi connectivity index (χ3v) is 4.41. The Morgan fingerprint density at radius 1 is 1.53 bits per heavy atom. The van der Waals surface area contributed by atoms with Crippen LogP contribution < -0.4 is 10.6 Å². The number of likely N-dealkylation sites (tertiary alicyclic amines) is 1. The van der Waals surface area contributed by atoms with Crippen molar-refractivity contribution in [3.05, 3.63) is 0 Å². The predicted octanol–water partition coefficient (Wildman–Crippen LogP) is 0.441. The molecule has 1 amide bonds. The van der Waals surface area contributed by atoms with E-state index < -0.39 is 0 Å². The van der Waals surface area contributed by atoms with E-state index in [0.717, 1.165) is 44.4 Å². The normalized spacial score (nSPS) is 34.6. The molecule has 2 rings (SSSR count). The Hall–Kier alpha value is -0.610. The highest BCUT2D eigenvalue weighted by molar-refractivity contribution is 5.81. The van der Waals surface area contributed by atoms with Crippen molar-refractivity contribution in [2.45, 2.75) is 39.3 Å². The topological polar surface area (TPSA) is 44.4 Å². The molecule has 2 saturated heterocycles. The molecule has 4 unspecified atom stereocenters. The van der Waals surface area contributed by atoms with E-state index in [-0.39, 0.29) is 11.9 Å². The molecule has 4 nitrogen and oxygen atoms in total. The van der Waals surface area contributed by atoms with Crippen LogP contribution in [0.15, 0.2) is 0 Å². The number of carbonyl (C=O) groups excluding carboxylic acids is 1. The van der Waals surface area contributed by atoms with Crippen molar-refractivity contribution in [3.63, 3.8) is 0 Å². The molecular formula is C13H25N3O. The van der Waals surface area contributed by atoms with Crippen LogP contribution in [0.25, 0.3) is 0 Å². The van der Waals surface area contributed by atoms with Gasteiger partial charge in [0.25, 0.3) is 0 Å². The number of hydrogen-bond acceptors (Lipinski definition) is 3. The molecule has 0 saturated carbocycles. The van der Waals surface area contributed by atoms with Crippen LogP contribution in [0, 0.1) is 11.8 Å². The zero-order chi connectivity index (χ0) is 12.4. The van der Waals surface area contributed by atoms with E-state index in [1.54, 1.807) is 0 Å². The molecule has 0 aromatic heterocycles. The molecule has 2 aliphatic rings. The van der Waals surface area contributed by atoms with E-state index in [4.69, 9.17) is 0 Å². The first-order valence-electron chi connectivity index (χ1n) is 6.89. The highest BCUT2D eigenvalue weighted by Gasteiger charge is 2.44. The summed E-state index contributed by atoms with van der Waals surface area (Å²) in [6.07, 6.45) is 1.00. The number of nitrogens with one attached hydrogen (secondary N) is 2. The van der Waals surface area contributed by atoms with E-state index in [0.29, 0.717) is 6.04 Å². The van der Waals surface area contributed by atoms with Gasteiger partial charge in [0, 0.05) is 19.1 Å². The third kappa shape index (κ3) is 2.47. The van der Waals surface area contributed by atoms with E-state index in [2.05, 4.69) is 29.4 Å². The maximum absolute atomic E-state index is 12.0. The second-order valence-corrected chi connectivity index (χ2v) is 5.49. The van der Waals surface area contributed by atoms with Gasteiger partial charge in [0.2, 0.25) is 5.91 Å². The van der Waals surface area contributed by atoms with Crippen LogP contribution in [0.5, 0.6) is 0 Å². The monoisotopic (exact) mass is 239 g/mol. The van der Waals surface area contributed by atoms with Crippen molar-refractivity contribution in [1.82, 2.24) is 15.5 Å². The highest BCUT2D eigenvalue weighted by Crippen LogP contribution is 2.33. The van der Waals surface area contributed by atoms with Crippen LogP contribution in [0.2, 0.25) is 0 Å². The van der Waals surface area contributed by atoms with Crippen LogP contribution in [0.1, 0.15) is 27.2 Å². The molecule has 4 atom stereocenters. The minimum Gasteiger partial charge on any atom is -0.355 e. The van der Waals surface area contributed by atoms with Gasteiger partial charge in [0.05, 0.1) is 6.04 Å². The van der Waals surface area contributed by atoms with Crippen molar-refractivity contribution in [3.8, 4) is 0 Å². The molecular weight excluding hydrogens is 214 g/mol. The van der Waals surface area contributed by atoms with Gasteiger partial charge in [-0.2, -0.15) is 0 Å². The number of hydrogen-bond donors (Lipinski definition) is 2. The molecule has 0 spiro atoms. The maximum atomic E-state index is 12.0. The van der Waals surface area contributed by atoms with E-state index >= 15 is 0 Å². The molecule has 2 N–H and O–H groups in total. The number of amides is 1. The van der Waals surface area contributed by atoms with Gasteiger partial charge in [0.1, 0.15) is 0 Å². The Labute approximate surface area is 104 Å². The van der Waals surface area contributed by atoms with Crippen molar-refractivity contribution in [2.24, 2.45) is 11.8 Å². The van der Waals surface area contributed by atoms with Crippen LogP contribution in [0.3, 0.4) is 0 Å². The first-order valence-corrected chi connectivity index (χ1v) is 6.89. The Kier molecular flexibility index (Phi) is 4.05. The van der Waals surface area contributed by atoms with Crippen LogP contribution >= 0.6 is 0 Å². The maximum Gasteiger partial charge on any atom is 0.237 e. The molecule has 0 aromatic rings. The summed E-state index contributed by atoms with van der Waals surface area (Å²) < 4.78 is 0. The molecule has 17 heavy (non-hydrogen) atoms. The fourth-order valence-corrected chi connectivity index (χ4v) is 3.26. The fourth-order valence-electron chi connectivity index (χ4n) is 3.26. The van der Waals surface area contributed by atoms with Gasteiger partial charge in [-0.15, -0.1) is 0 Å². The fraction of sp³-hybridized carbons (Fsp3) is 0.923. The summed E-state index contributed by atoms with van der Waals surface area (Å²) in [5, 5.41) is 6.45. The molecule has 0 bridgehead atoms. The second kappa shape index (κ2) is 5.36. The number of fused-ring (bicyclic) bond motifs is 1. The summed E-state index contributed by atoms with van der Waals surface area (Å²) in [7, 11) is 0. The standard InChI is InChI=1S/C13H25N3O/c1-4-5-15-13(17)10(3)16-8-11-6-14-7-12(11)9(16)2/h9-12,14H,4-8H2,1-3H3,(H,15,17). The molecule has 0 radical (unpaired) electrons. The Bertz CT molecular complexity index is 282. The van der Waals surface area contributed by atoms with E-state index in [1.807, 2.05) is 6.92 Å². The Morgan fingerprint density at radius 3 is 2.94 bits per heavy atom. The summed E-state index contributed by atoms with van der Waals surface area (Å²) in [4.78, 5) is 14.4. The first kappa shape index (κ1) is 12.8. The summed E-state index contributed by atoms with van der Waals surface area (Å²) in [5.41, 5.74) is 0. The highest BCUT2D eigenvalue weighted by atomic mass is 16.2. The number of carbonyl (C=O) groups is 1. The largest absolute Gasteiger partial charge is 0.355 e. The van der Waals surface area contributed by atoms with Gasteiger partial charge < -0.3 is 10.6 Å². The summed E-state index contributed by atoms with van der Waals surface area (Å²) in [5.74, 6) is 1.66. The summed E-state index contributed by atoms with van der Waals surface area (Å²) in [6, 6.07) is 0.541.